The molecule has 0 N–H and O–H groups in total. The molecule has 5 nitrogen and oxygen atoms in total. The van der Waals surface area contributed by atoms with E-state index in [9.17, 15) is 9.18 Å². The van der Waals surface area contributed by atoms with Crippen molar-refractivity contribution in [2.24, 2.45) is 0 Å². The molecule has 2 aromatic carbocycles. The summed E-state index contributed by atoms with van der Waals surface area (Å²) in [5, 5.41) is 4.35. The highest BCUT2D eigenvalue weighted by molar-refractivity contribution is 6.31. The highest BCUT2D eigenvalue weighted by Crippen LogP contribution is 2.34. The predicted molar refractivity (Wildman–Crippen MR) is 98.9 cm³/mol. The molecule has 7 heteroatoms. The minimum Gasteiger partial charge on any atom is -0.337 e. The summed E-state index contributed by atoms with van der Waals surface area (Å²) in [5.74, 6) is -0.189. The van der Waals surface area contributed by atoms with Gasteiger partial charge in [-0.05, 0) is 38.0 Å². The molecule has 0 aliphatic carbocycles. The van der Waals surface area contributed by atoms with Crippen LogP contribution in [-0.2, 0) is 0 Å². The molecule has 2 heterocycles. The van der Waals surface area contributed by atoms with Gasteiger partial charge >= 0.3 is 0 Å². The van der Waals surface area contributed by atoms with Crippen LogP contribution in [0.25, 0.3) is 11.4 Å². The van der Waals surface area contributed by atoms with Crippen molar-refractivity contribution in [1.29, 1.82) is 0 Å². The Morgan fingerprint density at radius 2 is 2.04 bits per heavy atom. The Labute approximate surface area is 160 Å². The number of carbonyl (C=O) groups is 1. The van der Waals surface area contributed by atoms with Crippen LogP contribution in [0.1, 0.15) is 40.7 Å². The van der Waals surface area contributed by atoms with E-state index in [4.69, 9.17) is 16.1 Å². The van der Waals surface area contributed by atoms with Gasteiger partial charge in [0.25, 0.3) is 5.91 Å². The molecule has 1 aliphatic rings. The van der Waals surface area contributed by atoms with Crippen molar-refractivity contribution in [3.8, 4) is 11.4 Å². The van der Waals surface area contributed by atoms with Crippen molar-refractivity contribution in [1.82, 2.24) is 15.0 Å². The van der Waals surface area contributed by atoms with Gasteiger partial charge in [0, 0.05) is 17.1 Å². The number of halogens is 2. The van der Waals surface area contributed by atoms with Crippen LogP contribution in [-0.4, -0.2) is 27.5 Å². The monoisotopic (exact) mass is 385 g/mol. The third kappa shape index (κ3) is 3.45. The van der Waals surface area contributed by atoms with Gasteiger partial charge in [0.2, 0.25) is 11.7 Å². The van der Waals surface area contributed by atoms with Crippen molar-refractivity contribution in [3.63, 3.8) is 0 Å². The number of aryl methyl sites for hydroxylation is 1. The van der Waals surface area contributed by atoms with Gasteiger partial charge in [-0.1, -0.05) is 46.6 Å². The number of carbonyl (C=O) groups excluding carboxylic acids is 1. The first kappa shape index (κ1) is 17.7. The quantitative estimate of drug-likeness (QED) is 0.648. The smallest absolute Gasteiger partial charge is 0.257 e. The fraction of sp³-hybridized carbons (Fsp3) is 0.250. The van der Waals surface area contributed by atoms with Crippen LogP contribution in [0.3, 0.4) is 0 Å². The van der Waals surface area contributed by atoms with Crippen LogP contribution < -0.4 is 0 Å². The van der Waals surface area contributed by atoms with Crippen LogP contribution in [0.4, 0.5) is 4.39 Å². The van der Waals surface area contributed by atoms with E-state index in [1.807, 2.05) is 31.2 Å². The summed E-state index contributed by atoms with van der Waals surface area (Å²) < 4.78 is 19.5. The molecule has 1 atom stereocenters. The molecule has 1 aromatic heterocycles. The average Bonchev–Trinajstić information content (AvgIpc) is 3.32. The standard InChI is InChI=1S/C20H17ClFN3O2/c1-12-4-6-13(7-5-12)18-23-19(27-24-18)17-3-2-10-25(17)20(26)15-11-14(21)8-9-16(15)22/h4-9,11,17H,2-3,10H2,1H3/t17-/m0/s1. The summed E-state index contributed by atoms with van der Waals surface area (Å²) in [6, 6.07) is 11.4. The maximum atomic E-state index is 14.1. The summed E-state index contributed by atoms with van der Waals surface area (Å²) in [4.78, 5) is 18.9. The minimum atomic E-state index is -0.596. The van der Waals surface area contributed by atoms with Gasteiger partial charge in [-0.3, -0.25) is 4.79 Å². The van der Waals surface area contributed by atoms with E-state index < -0.39 is 11.7 Å². The zero-order valence-electron chi connectivity index (χ0n) is 14.7. The number of nitrogens with zero attached hydrogens (tertiary/aromatic N) is 3. The van der Waals surface area contributed by atoms with Gasteiger partial charge in [-0.15, -0.1) is 0 Å². The van der Waals surface area contributed by atoms with Gasteiger partial charge in [0.15, 0.2) is 0 Å². The zero-order valence-corrected chi connectivity index (χ0v) is 15.4. The number of likely N-dealkylation sites (tertiary alicyclic amines) is 1. The summed E-state index contributed by atoms with van der Waals surface area (Å²) in [6.45, 7) is 2.50. The summed E-state index contributed by atoms with van der Waals surface area (Å²) >= 11 is 5.92. The molecule has 138 valence electrons. The number of hydrogen-bond acceptors (Lipinski definition) is 4. The third-order valence-corrected chi connectivity index (χ3v) is 4.94. The number of benzene rings is 2. The molecule has 0 bridgehead atoms. The lowest BCUT2D eigenvalue weighted by Crippen LogP contribution is -2.31. The van der Waals surface area contributed by atoms with Crippen molar-refractivity contribution in [2.75, 3.05) is 6.54 Å². The largest absolute Gasteiger partial charge is 0.337 e. The molecule has 1 aliphatic heterocycles. The van der Waals surface area contributed by atoms with E-state index in [2.05, 4.69) is 10.1 Å². The average molecular weight is 386 g/mol. The topological polar surface area (TPSA) is 59.2 Å². The van der Waals surface area contributed by atoms with Gasteiger partial charge in [-0.25, -0.2) is 4.39 Å². The fourth-order valence-electron chi connectivity index (χ4n) is 3.27. The molecule has 1 fully saturated rings. The second kappa shape index (κ2) is 7.12. The van der Waals surface area contributed by atoms with E-state index in [0.717, 1.165) is 17.5 Å². The Kier molecular flexibility index (Phi) is 4.66. The minimum absolute atomic E-state index is 0.0485. The lowest BCUT2D eigenvalue weighted by atomic mass is 10.1. The van der Waals surface area contributed by atoms with E-state index in [-0.39, 0.29) is 11.6 Å². The summed E-state index contributed by atoms with van der Waals surface area (Å²) in [6.07, 6.45) is 1.46. The maximum Gasteiger partial charge on any atom is 0.257 e. The van der Waals surface area contributed by atoms with Crippen LogP contribution in [0, 0.1) is 12.7 Å². The summed E-state index contributed by atoms with van der Waals surface area (Å²) in [7, 11) is 0. The SMILES string of the molecule is Cc1ccc(-c2noc([C@@H]3CCCN3C(=O)c3cc(Cl)ccc3F)n2)cc1. The zero-order chi connectivity index (χ0) is 19.0. The molecule has 0 saturated carbocycles. The molecule has 1 amide bonds. The third-order valence-electron chi connectivity index (χ3n) is 4.71. The predicted octanol–water partition coefficient (Wildman–Crippen LogP) is 4.81. The van der Waals surface area contributed by atoms with Crippen molar-refractivity contribution in [3.05, 3.63) is 70.3 Å². The summed E-state index contributed by atoms with van der Waals surface area (Å²) in [5.41, 5.74) is 1.93. The number of hydrogen-bond donors (Lipinski definition) is 0. The molecule has 0 radical (unpaired) electrons. The van der Waals surface area contributed by atoms with E-state index in [1.54, 1.807) is 4.90 Å². The number of amides is 1. The Bertz CT molecular complexity index is 987. The Balaban J connectivity index is 1.61. The molecular formula is C20H17ClFN3O2. The molecule has 3 aromatic rings. The molecule has 0 spiro atoms. The van der Waals surface area contributed by atoms with Gasteiger partial charge in [-0.2, -0.15) is 4.98 Å². The first-order valence-corrected chi connectivity index (χ1v) is 9.07. The van der Waals surface area contributed by atoms with Crippen LogP contribution in [0.5, 0.6) is 0 Å². The normalized spacial score (nSPS) is 16.7. The molecular weight excluding hydrogens is 369 g/mol. The second-order valence-corrected chi connectivity index (χ2v) is 7.04. The maximum absolute atomic E-state index is 14.1. The Hall–Kier alpha value is -2.73. The van der Waals surface area contributed by atoms with Crippen LogP contribution in [0.2, 0.25) is 5.02 Å². The van der Waals surface area contributed by atoms with Crippen molar-refractivity contribution < 1.29 is 13.7 Å². The van der Waals surface area contributed by atoms with Crippen LogP contribution >= 0.6 is 11.6 Å². The number of aromatic nitrogens is 2. The van der Waals surface area contributed by atoms with Crippen molar-refractivity contribution in [2.45, 2.75) is 25.8 Å². The molecule has 1 saturated heterocycles. The van der Waals surface area contributed by atoms with Crippen molar-refractivity contribution >= 4 is 17.5 Å². The van der Waals surface area contributed by atoms with Crippen LogP contribution in [0.15, 0.2) is 47.0 Å². The molecule has 4 rings (SSSR count). The van der Waals surface area contributed by atoms with Gasteiger partial charge < -0.3 is 9.42 Å². The van der Waals surface area contributed by atoms with E-state index >= 15 is 0 Å². The second-order valence-electron chi connectivity index (χ2n) is 6.60. The Morgan fingerprint density at radius 3 is 2.81 bits per heavy atom. The first-order valence-electron chi connectivity index (χ1n) is 8.69. The molecule has 0 unspecified atom stereocenters. The van der Waals surface area contributed by atoms with E-state index in [0.29, 0.717) is 29.7 Å². The van der Waals surface area contributed by atoms with E-state index in [1.165, 1.54) is 18.2 Å². The highest BCUT2D eigenvalue weighted by Gasteiger charge is 2.35. The lowest BCUT2D eigenvalue weighted by molar-refractivity contribution is 0.0705. The highest BCUT2D eigenvalue weighted by atomic mass is 35.5. The van der Waals surface area contributed by atoms with Gasteiger partial charge in [0.05, 0.1) is 5.56 Å². The number of rotatable bonds is 3. The molecule has 27 heavy (non-hydrogen) atoms. The lowest BCUT2D eigenvalue weighted by Gasteiger charge is -2.22. The van der Waals surface area contributed by atoms with Gasteiger partial charge in [0.1, 0.15) is 11.9 Å². The first-order chi connectivity index (χ1) is 13.0. The fourth-order valence-corrected chi connectivity index (χ4v) is 3.45. The Morgan fingerprint density at radius 1 is 1.26 bits per heavy atom.